The second-order valence-corrected chi connectivity index (χ2v) is 0.947. The highest BCUT2D eigenvalue weighted by Crippen LogP contribution is 0.845. The lowest BCUT2D eigenvalue weighted by atomic mass is 11.2. The van der Waals surface area contributed by atoms with Crippen LogP contribution in [0.1, 0.15) is 0 Å². The fourth-order valence-electron chi connectivity index (χ4n) is 0. The first-order chi connectivity index (χ1) is 1.73. The van der Waals surface area contributed by atoms with E-state index in [1.807, 2.05) is 0 Å². The summed E-state index contributed by atoms with van der Waals surface area (Å²) in [6.45, 7) is 0. The molecule has 0 aromatic rings. The van der Waals surface area contributed by atoms with Gasteiger partial charge in [0.2, 0.25) is 0 Å². The van der Waals surface area contributed by atoms with Crippen molar-refractivity contribution in [3.63, 3.8) is 0 Å². The van der Waals surface area contributed by atoms with Gasteiger partial charge in [0.05, 0.1) is 14.1 Å². The van der Waals surface area contributed by atoms with Crippen LogP contribution in [0.3, 0.4) is 0 Å². The van der Waals surface area contributed by atoms with E-state index in [-0.39, 0.29) is 12.4 Å². The molecule has 0 saturated carbocycles. The van der Waals surface area contributed by atoms with E-state index in [1.165, 1.54) is 0 Å². The third kappa shape index (κ3) is 466. The zero-order chi connectivity index (χ0) is 3.58. The van der Waals surface area contributed by atoms with Crippen molar-refractivity contribution in [3.8, 4) is 0 Å². The molecule has 2 nitrogen and oxygen atoms in total. The first-order valence-electron chi connectivity index (χ1n) is 1.22. The van der Waals surface area contributed by atoms with Crippen molar-refractivity contribution < 1.29 is 10.3 Å². The SMILES string of the molecule is C[NH+](C)O.Cl. The van der Waals surface area contributed by atoms with Crippen molar-refractivity contribution in [2.45, 2.75) is 0 Å². The Morgan fingerprint density at radius 3 is 1.40 bits per heavy atom. The van der Waals surface area contributed by atoms with Gasteiger partial charge in [0.1, 0.15) is 0 Å². The first kappa shape index (κ1) is 8.96. The molecule has 0 saturated heterocycles. The van der Waals surface area contributed by atoms with Crippen LogP contribution in [0.25, 0.3) is 0 Å². The number of quaternary nitrogens is 1. The number of hydrogen-bond acceptors (Lipinski definition) is 1. The Morgan fingerprint density at radius 1 is 1.40 bits per heavy atom. The van der Waals surface area contributed by atoms with E-state index >= 15 is 0 Å². The number of rotatable bonds is 0. The second kappa shape index (κ2) is 4.21. The van der Waals surface area contributed by atoms with Crippen LogP contribution in [0.2, 0.25) is 0 Å². The van der Waals surface area contributed by atoms with E-state index in [9.17, 15) is 0 Å². The number of hydroxylamine groups is 2. The average molecular weight is 98.6 g/mol. The zero-order valence-electron chi connectivity index (χ0n) is 3.36. The van der Waals surface area contributed by atoms with Crippen molar-refractivity contribution in [1.29, 1.82) is 0 Å². The standard InChI is InChI=1S/C2H7NO.ClH/c1-3(2)4;/h4H,1-2H3;1H/p+1. The lowest BCUT2D eigenvalue weighted by Crippen LogP contribution is -3.02. The van der Waals surface area contributed by atoms with Crippen molar-refractivity contribution >= 4 is 12.4 Å². The molecule has 0 aliphatic heterocycles. The Kier molecular flexibility index (Phi) is 7.55. The van der Waals surface area contributed by atoms with Gasteiger partial charge in [-0.15, -0.1) is 12.4 Å². The van der Waals surface area contributed by atoms with Crippen molar-refractivity contribution in [2.75, 3.05) is 14.1 Å². The Hall–Kier alpha value is 0.210. The van der Waals surface area contributed by atoms with Gasteiger partial charge in [-0.05, 0) is 0 Å². The third-order valence-electron chi connectivity index (χ3n) is 0. The monoisotopic (exact) mass is 98.0 g/mol. The molecule has 0 aliphatic carbocycles. The van der Waals surface area contributed by atoms with Crippen LogP contribution < -0.4 is 5.06 Å². The molecular weight excluding hydrogens is 89.5 g/mol. The molecule has 0 atom stereocenters. The highest BCUT2D eigenvalue weighted by molar-refractivity contribution is 5.85. The maximum Gasteiger partial charge on any atom is 0.0963 e. The van der Waals surface area contributed by atoms with Gasteiger partial charge in [0, 0.05) is 0 Å². The summed E-state index contributed by atoms with van der Waals surface area (Å²) in [5, 5.41) is 8.39. The molecule has 0 heterocycles. The van der Waals surface area contributed by atoms with E-state index in [1.54, 1.807) is 14.1 Å². The van der Waals surface area contributed by atoms with Crippen molar-refractivity contribution in [1.82, 2.24) is 0 Å². The molecule has 0 spiro atoms. The molecule has 0 aromatic heterocycles. The molecule has 34 valence electrons. The third-order valence-corrected chi connectivity index (χ3v) is 0. The number of nitrogens with one attached hydrogen (secondary N) is 1. The Balaban J connectivity index is 0. The van der Waals surface area contributed by atoms with Crippen LogP contribution in [0, 0.1) is 0 Å². The van der Waals surface area contributed by atoms with E-state index in [2.05, 4.69) is 0 Å². The number of halogens is 1. The van der Waals surface area contributed by atoms with Crippen LogP contribution in [0.5, 0.6) is 0 Å². The van der Waals surface area contributed by atoms with E-state index in [0.29, 0.717) is 5.06 Å². The van der Waals surface area contributed by atoms with Gasteiger partial charge >= 0.3 is 0 Å². The molecule has 0 rings (SSSR count). The quantitative estimate of drug-likeness (QED) is 0.371. The van der Waals surface area contributed by atoms with Crippen LogP contribution in [0.4, 0.5) is 0 Å². The lowest BCUT2D eigenvalue weighted by molar-refractivity contribution is -1.06. The molecule has 0 radical (unpaired) electrons. The highest BCUT2D eigenvalue weighted by atomic mass is 35.5. The maximum absolute atomic E-state index is 7.97. The van der Waals surface area contributed by atoms with Crippen LogP contribution in [-0.2, 0) is 0 Å². The van der Waals surface area contributed by atoms with E-state index in [4.69, 9.17) is 5.21 Å². The second-order valence-electron chi connectivity index (χ2n) is 0.947. The zero-order valence-corrected chi connectivity index (χ0v) is 4.17. The molecule has 5 heavy (non-hydrogen) atoms. The minimum atomic E-state index is 0. The highest BCUT2D eigenvalue weighted by Gasteiger charge is 1.64. The summed E-state index contributed by atoms with van der Waals surface area (Å²) in [5.41, 5.74) is 0. The number of hydrogen-bond donors (Lipinski definition) is 2. The maximum atomic E-state index is 7.97. The van der Waals surface area contributed by atoms with Crippen LogP contribution in [0.15, 0.2) is 0 Å². The smallest absolute Gasteiger partial charge is 0.0963 e. The summed E-state index contributed by atoms with van der Waals surface area (Å²) in [7, 11) is 3.28. The van der Waals surface area contributed by atoms with E-state index in [0.717, 1.165) is 0 Å². The molecular formula is C2H9ClNO+. The predicted octanol–water partition coefficient (Wildman–Crippen LogP) is -1.06. The van der Waals surface area contributed by atoms with Crippen LogP contribution >= 0.6 is 12.4 Å². The minimum Gasteiger partial charge on any atom is -0.219 e. The van der Waals surface area contributed by atoms with Gasteiger partial charge in [0.25, 0.3) is 0 Å². The largest absolute Gasteiger partial charge is 0.219 e. The van der Waals surface area contributed by atoms with Gasteiger partial charge in [-0.3, -0.25) is 0 Å². The summed E-state index contributed by atoms with van der Waals surface area (Å²) in [6.07, 6.45) is 0. The van der Waals surface area contributed by atoms with Crippen LogP contribution in [-0.4, -0.2) is 19.3 Å². The van der Waals surface area contributed by atoms with E-state index < -0.39 is 0 Å². The molecule has 3 heteroatoms. The first-order valence-corrected chi connectivity index (χ1v) is 1.22. The fraction of sp³-hybridized carbons (Fsp3) is 1.00. The summed E-state index contributed by atoms with van der Waals surface area (Å²) >= 11 is 0. The Bertz CT molecular complexity index is 14.4. The van der Waals surface area contributed by atoms with Gasteiger partial charge in [0.15, 0.2) is 0 Å². The van der Waals surface area contributed by atoms with Crippen molar-refractivity contribution in [3.05, 3.63) is 0 Å². The van der Waals surface area contributed by atoms with Gasteiger partial charge in [-0.25, -0.2) is 5.21 Å². The summed E-state index contributed by atoms with van der Waals surface area (Å²) in [5.74, 6) is 0. The minimum absolute atomic E-state index is 0. The van der Waals surface area contributed by atoms with Crippen molar-refractivity contribution in [2.24, 2.45) is 0 Å². The van der Waals surface area contributed by atoms with Gasteiger partial charge < -0.3 is 0 Å². The fourth-order valence-corrected chi connectivity index (χ4v) is 0. The normalized spacial score (nSPS) is 7.20. The molecule has 2 N–H and O–H groups in total. The summed E-state index contributed by atoms with van der Waals surface area (Å²) in [4.78, 5) is 0. The lowest BCUT2D eigenvalue weighted by Gasteiger charge is -1.84. The molecule has 0 aromatic carbocycles. The molecule has 0 fully saturated rings. The summed E-state index contributed by atoms with van der Waals surface area (Å²) in [6, 6.07) is 0. The molecule has 0 aliphatic rings. The molecule has 0 unspecified atom stereocenters. The summed E-state index contributed by atoms with van der Waals surface area (Å²) < 4.78 is 0. The Morgan fingerprint density at radius 2 is 1.40 bits per heavy atom. The topological polar surface area (TPSA) is 24.7 Å². The predicted molar refractivity (Wildman–Crippen MR) is 21.8 cm³/mol. The average Bonchev–Trinajstić information content (AvgIpc) is 0.811. The Labute approximate surface area is 37.8 Å². The van der Waals surface area contributed by atoms with Gasteiger partial charge in [-0.1, -0.05) is 0 Å². The molecule has 0 bridgehead atoms. The van der Waals surface area contributed by atoms with Gasteiger partial charge in [-0.2, -0.15) is 5.06 Å². The molecule has 0 amide bonds.